The predicted octanol–water partition coefficient (Wildman–Crippen LogP) is 2.58. The lowest BCUT2D eigenvalue weighted by atomic mass is 9.93. The highest BCUT2D eigenvalue weighted by Gasteiger charge is 2.25. The molecule has 0 amide bonds. The second-order valence-electron chi connectivity index (χ2n) is 4.98. The van der Waals surface area contributed by atoms with Gasteiger partial charge in [-0.25, -0.2) is 0 Å². The monoisotopic (exact) mass is 325 g/mol. The van der Waals surface area contributed by atoms with Crippen molar-refractivity contribution < 1.29 is 23.9 Å². The molecule has 1 rings (SSSR count). The van der Waals surface area contributed by atoms with Crippen molar-refractivity contribution in [3.05, 3.63) is 33.4 Å². The number of nitro groups is 1. The van der Waals surface area contributed by atoms with Gasteiger partial charge in [-0.1, -0.05) is 6.92 Å². The van der Waals surface area contributed by atoms with Crippen molar-refractivity contribution in [3.63, 3.8) is 0 Å². The molecule has 7 nitrogen and oxygen atoms in total. The quantitative estimate of drug-likeness (QED) is 0.394. The zero-order valence-electron chi connectivity index (χ0n) is 14.0. The number of carbonyl (C=O) groups is 1. The third-order valence-electron chi connectivity index (χ3n) is 3.54. The molecule has 0 bridgehead atoms. The van der Waals surface area contributed by atoms with Gasteiger partial charge in [0.05, 0.1) is 33.2 Å². The Morgan fingerprint density at radius 3 is 2.17 bits per heavy atom. The number of carbonyl (C=O) groups excluding carboxylic acids is 1. The lowest BCUT2D eigenvalue weighted by Gasteiger charge is -2.18. The van der Waals surface area contributed by atoms with Crippen LogP contribution in [0.1, 0.15) is 37.3 Å². The molecule has 0 saturated carbocycles. The molecule has 0 aromatic heterocycles. The Balaban J connectivity index is 3.23. The maximum atomic E-state index is 11.7. The van der Waals surface area contributed by atoms with Crippen molar-refractivity contribution >= 4 is 5.97 Å². The Morgan fingerprint density at radius 1 is 1.22 bits per heavy atom. The van der Waals surface area contributed by atoms with E-state index in [9.17, 15) is 14.9 Å². The zero-order valence-corrected chi connectivity index (χ0v) is 14.0. The Labute approximate surface area is 135 Å². The number of hydrogen-bond acceptors (Lipinski definition) is 6. The van der Waals surface area contributed by atoms with Crippen LogP contribution in [0.25, 0.3) is 0 Å². The SMILES string of the molecule is CCOC(=O)CC(C[N+](=O)[O-])c1cc(OC)c(CC)c(OC)c1. The molecule has 1 aromatic rings. The highest BCUT2D eigenvalue weighted by Crippen LogP contribution is 2.35. The molecule has 1 aromatic carbocycles. The number of methoxy groups -OCH3 is 2. The number of rotatable bonds is 9. The molecule has 0 N–H and O–H groups in total. The van der Waals surface area contributed by atoms with Crippen LogP contribution >= 0.6 is 0 Å². The Morgan fingerprint density at radius 2 is 1.78 bits per heavy atom. The molecule has 128 valence electrons. The van der Waals surface area contributed by atoms with Crippen LogP contribution in [0.15, 0.2) is 12.1 Å². The molecule has 0 aliphatic heterocycles. The Kier molecular flexibility index (Phi) is 7.31. The first kappa shape index (κ1) is 18.7. The number of hydrogen-bond donors (Lipinski definition) is 0. The third kappa shape index (κ3) is 5.12. The van der Waals surface area contributed by atoms with Gasteiger partial charge >= 0.3 is 5.97 Å². The van der Waals surface area contributed by atoms with E-state index in [4.69, 9.17) is 14.2 Å². The van der Waals surface area contributed by atoms with E-state index in [-0.39, 0.29) is 19.6 Å². The predicted molar refractivity (Wildman–Crippen MR) is 84.8 cm³/mol. The second kappa shape index (κ2) is 8.97. The second-order valence-corrected chi connectivity index (χ2v) is 4.98. The summed E-state index contributed by atoms with van der Waals surface area (Å²) < 4.78 is 15.6. The molecular formula is C16H23NO6. The van der Waals surface area contributed by atoms with Crippen LogP contribution in [0.3, 0.4) is 0 Å². The van der Waals surface area contributed by atoms with Crippen LogP contribution in [0, 0.1) is 10.1 Å². The normalized spacial score (nSPS) is 11.7. The molecule has 1 atom stereocenters. The Bertz CT molecular complexity index is 532. The standard InChI is InChI=1S/C16H23NO6/c1-5-13-14(21-3)7-11(8-15(13)22-4)12(10-17(19)20)9-16(18)23-6-2/h7-8,12H,5-6,9-10H2,1-4H3. The van der Waals surface area contributed by atoms with E-state index in [2.05, 4.69) is 0 Å². The van der Waals surface area contributed by atoms with Crippen molar-refractivity contribution in [3.8, 4) is 11.5 Å². The van der Waals surface area contributed by atoms with Crippen molar-refractivity contribution in [2.24, 2.45) is 0 Å². The first-order chi connectivity index (χ1) is 11.0. The summed E-state index contributed by atoms with van der Waals surface area (Å²) in [5.41, 5.74) is 1.51. The first-order valence-corrected chi connectivity index (χ1v) is 7.48. The van der Waals surface area contributed by atoms with Crippen LogP contribution in [0.5, 0.6) is 11.5 Å². The largest absolute Gasteiger partial charge is 0.496 e. The maximum absolute atomic E-state index is 11.7. The van der Waals surface area contributed by atoms with Crippen molar-refractivity contribution in [1.29, 1.82) is 0 Å². The minimum atomic E-state index is -0.599. The molecule has 0 aliphatic rings. The van der Waals surface area contributed by atoms with E-state index in [1.807, 2.05) is 6.92 Å². The summed E-state index contributed by atoms with van der Waals surface area (Å²) in [6.45, 7) is 3.54. The van der Waals surface area contributed by atoms with Gasteiger partial charge < -0.3 is 14.2 Å². The molecule has 0 radical (unpaired) electrons. The number of nitrogens with zero attached hydrogens (tertiary/aromatic N) is 1. The van der Waals surface area contributed by atoms with Gasteiger partial charge in [0.1, 0.15) is 11.5 Å². The van der Waals surface area contributed by atoms with Gasteiger partial charge in [-0.3, -0.25) is 14.9 Å². The zero-order chi connectivity index (χ0) is 17.4. The van der Waals surface area contributed by atoms with Crippen LogP contribution in [0.2, 0.25) is 0 Å². The van der Waals surface area contributed by atoms with E-state index in [0.29, 0.717) is 23.5 Å². The number of ether oxygens (including phenoxy) is 3. The number of esters is 1. The molecule has 1 unspecified atom stereocenters. The third-order valence-corrected chi connectivity index (χ3v) is 3.54. The molecule has 0 saturated heterocycles. The average Bonchev–Trinajstić information content (AvgIpc) is 2.52. The highest BCUT2D eigenvalue weighted by molar-refractivity contribution is 5.70. The van der Waals surface area contributed by atoms with Crippen LogP contribution in [-0.4, -0.2) is 38.3 Å². The van der Waals surface area contributed by atoms with Crippen LogP contribution in [-0.2, 0) is 16.0 Å². The summed E-state index contributed by atoms with van der Waals surface area (Å²) in [5.74, 6) is 0.132. The smallest absolute Gasteiger partial charge is 0.306 e. The van der Waals surface area contributed by atoms with Crippen molar-refractivity contribution in [2.75, 3.05) is 27.4 Å². The molecule has 0 heterocycles. The van der Waals surface area contributed by atoms with E-state index in [1.165, 1.54) is 14.2 Å². The molecule has 7 heteroatoms. The average molecular weight is 325 g/mol. The highest BCUT2D eigenvalue weighted by atomic mass is 16.6. The Hall–Kier alpha value is -2.31. The molecule has 0 fully saturated rings. The van der Waals surface area contributed by atoms with E-state index in [0.717, 1.165) is 5.56 Å². The summed E-state index contributed by atoms with van der Waals surface area (Å²) in [7, 11) is 3.07. The van der Waals surface area contributed by atoms with Gasteiger partial charge in [-0.05, 0) is 31.0 Å². The lowest BCUT2D eigenvalue weighted by molar-refractivity contribution is -0.483. The van der Waals surface area contributed by atoms with Crippen molar-refractivity contribution in [1.82, 2.24) is 0 Å². The van der Waals surface area contributed by atoms with E-state index >= 15 is 0 Å². The topological polar surface area (TPSA) is 87.9 Å². The molecule has 23 heavy (non-hydrogen) atoms. The molecular weight excluding hydrogens is 302 g/mol. The van der Waals surface area contributed by atoms with Gasteiger partial charge in [-0.2, -0.15) is 0 Å². The van der Waals surface area contributed by atoms with Crippen LogP contribution < -0.4 is 9.47 Å². The number of benzene rings is 1. The van der Waals surface area contributed by atoms with Gasteiger partial charge in [0.15, 0.2) is 0 Å². The van der Waals surface area contributed by atoms with Crippen molar-refractivity contribution in [2.45, 2.75) is 32.6 Å². The summed E-state index contributed by atoms with van der Waals surface area (Å²) in [4.78, 5) is 22.2. The minimum absolute atomic E-state index is 0.0629. The first-order valence-electron chi connectivity index (χ1n) is 7.48. The van der Waals surface area contributed by atoms with Gasteiger partial charge in [0.25, 0.3) is 0 Å². The summed E-state index contributed by atoms with van der Waals surface area (Å²) in [6.07, 6.45) is 0.636. The van der Waals surface area contributed by atoms with Gasteiger partial charge in [0, 0.05) is 10.5 Å². The van der Waals surface area contributed by atoms with Gasteiger partial charge in [-0.15, -0.1) is 0 Å². The summed E-state index contributed by atoms with van der Waals surface area (Å²) in [5, 5.41) is 10.9. The fourth-order valence-corrected chi connectivity index (χ4v) is 2.48. The lowest BCUT2D eigenvalue weighted by Crippen LogP contribution is -2.18. The molecule has 0 spiro atoms. The minimum Gasteiger partial charge on any atom is -0.496 e. The molecule has 0 aliphatic carbocycles. The van der Waals surface area contributed by atoms with Gasteiger partial charge in [0.2, 0.25) is 6.54 Å². The summed E-state index contributed by atoms with van der Waals surface area (Å²) in [6, 6.07) is 3.46. The fraction of sp³-hybridized carbons (Fsp3) is 0.562. The maximum Gasteiger partial charge on any atom is 0.306 e. The summed E-state index contributed by atoms with van der Waals surface area (Å²) >= 11 is 0. The van der Waals surface area contributed by atoms with E-state index < -0.39 is 16.8 Å². The fourth-order valence-electron chi connectivity index (χ4n) is 2.48. The van der Waals surface area contributed by atoms with Crippen LogP contribution in [0.4, 0.5) is 0 Å². The van der Waals surface area contributed by atoms with E-state index in [1.54, 1.807) is 19.1 Å².